The Morgan fingerprint density at radius 2 is 1.88 bits per heavy atom. The smallest absolute Gasteiger partial charge is 0.252 e. The lowest BCUT2D eigenvalue weighted by atomic mass is 10.1. The van der Waals surface area contributed by atoms with E-state index < -0.39 is 5.91 Å². The molecule has 1 amide bonds. The van der Waals surface area contributed by atoms with E-state index in [-0.39, 0.29) is 5.56 Å². The third-order valence-corrected chi connectivity index (χ3v) is 4.85. The molecular formula is C18H15N5OS. The molecule has 0 fully saturated rings. The second-order valence-corrected chi connectivity index (χ2v) is 6.79. The lowest BCUT2D eigenvalue weighted by Crippen LogP contribution is -2.15. The number of rotatable bonds is 3. The van der Waals surface area contributed by atoms with E-state index in [0.29, 0.717) is 11.2 Å². The number of hydrogen-bond donors (Lipinski definition) is 2. The molecule has 4 rings (SSSR count). The van der Waals surface area contributed by atoms with E-state index in [1.807, 2.05) is 48.8 Å². The van der Waals surface area contributed by atoms with Gasteiger partial charge >= 0.3 is 0 Å². The molecule has 124 valence electrons. The number of primary amides is 1. The van der Waals surface area contributed by atoms with Crippen LogP contribution in [0.25, 0.3) is 27.9 Å². The van der Waals surface area contributed by atoms with E-state index in [1.54, 1.807) is 15.9 Å². The summed E-state index contributed by atoms with van der Waals surface area (Å²) in [6.07, 6.45) is 3.26. The second kappa shape index (κ2) is 5.71. The van der Waals surface area contributed by atoms with Crippen molar-refractivity contribution < 1.29 is 4.79 Å². The van der Waals surface area contributed by atoms with E-state index >= 15 is 0 Å². The van der Waals surface area contributed by atoms with Crippen LogP contribution in [-0.2, 0) is 0 Å². The molecule has 3 heterocycles. The molecule has 0 unspecified atom stereocenters. The van der Waals surface area contributed by atoms with Gasteiger partial charge in [0.2, 0.25) is 0 Å². The van der Waals surface area contributed by atoms with Gasteiger partial charge < -0.3 is 11.5 Å². The van der Waals surface area contributed by atoms with Gasteiger partial charge in [0.15, 0.2) is 0 Å². The Hall–Kier alpha value is -3.19. The van der Waals surface area contributed by atoms with Crippen LogP contribution >= 0.6 is 11.3 Å². The van der Waals surface area contributed by atoms with Crippen LogP contribution in [0, 0.1) is 6.92 Å². The van der Waals surface area contributed by atoms with E-state index in [2.05, 4.69) is 10.1 Å². The van der Waals surface area contributed by atoms with Gasteiger partial charge in [0.1, 0.15) is 0 Å². The van der Waals surface area contributed by atoms with Crippen molar-refractivity contribution in [3.63, 3.8) is 0 Å². The first-order valence-electron chi connectivity index (χ1n) is 7.62. The van der Waals surface area contributed by atoms with Gasteiger partial charge in [-0.2, -0.15) is 5.10 Å². The summed E-state index contributed by atoms with van der Waals surface area (Å²) in [5, 5.41) is 7.30. The molecule has 0 saturated heterocycles. The van der Waals surface area contributed by atoms with Crippen molar-refractivity contribution in [1.82, 2.24) is 14.6 Å². The third-order valence-electron chi connectivity index (χ3n) is 4.08. The fourth-order valence-electron chi connectivity index (χ4n) is 2.76. The number of carbonyl (C=O) groups is 1. The molecule has 7 heteroatoms. The number of nitrogen functional groups attached to an aromatic ring is 1. The van der Waals surface area contributed by atoms with Crippen LogP contribution in [0.15, 0.2) is 48.1 Å². The van der Waals surface area contributed by atoms with Gasteiger partial charge in [-0.15, -0.1) is 11.3 Å². The molecule has 0 spiro atoms. The zero-order valence-corrected chi connectivity index (χ0v) is 14.2. The first-order chi connectivity index (χ1) is 12.0. The largest absolute Gasteiger partial charge is 0.396 e. The summed E-state index contributed by atoms with van der Waals surface area (Å²) in [7, 11) is 0. The molecule has 3 aromatic heterocycles. The molecule has 0 aliphatic rings. The summed E-state index contributed by atoms with van der Waals surface area (Å²) in [5.74, 6) is -0.585. The number of aryl methyl sites for hydroxylation is 1. The number of benzene rings is 1. The molecule has 0 saturated carbocycles. The van der Waals surface area contributed by atoms with Crippen molar-refractivity contribution in [2.24, 2.45) is 5.73 Å². The van der Waals surface area contributed by atoms with Crippen LogP contribution in [0.3, 0.4) is 0 Å². The molecule has 4 aromatic rings. The Labute approximate surface area is 147 Å². The van der Waals surface area contributed by atoms with Gasteiger partial charge in [-0.25, -0.2) is 9.50 Å². The van der Waals surface area contributed by atoms with Gasteiger partial charge in [0.05, 0.1) is 33.7 Å². The van der Waals surface area contributed by atoms with Crippen molar-refractivity contribution in [3.8, 4) is 22.4 Å². The fourth-order valence-corrected chi connectivity index (χ4v) is 3.38. The molecule has 0 radical (unpaired) electrons. The highest BCUT2D eigenvalue weighted by Gasteiger charge is 2.13. The minimum atomic E-state index is -0.585. The monoisotopic (exact) mass is 349 g/mol. The van der Waals surface area contributed by atoms with Crippen molar-refractivity contribution >= 4 is 28.4 Å². The van der Waals surface area contributed by atoms with Gasteiger partial charge in [-0.1, -0.05) is 24.3 Å². The number of thiazole rings is 1. The zero-order valence-electron chi connectivity index (χ0n) is 13.4. The quantitative estimate of drug-likeness (QED) is 0.593. The van der Waals surface area contributed by atoms with E-state index in [0.717, 1.165) is 27.4 Å². The highest BCUT2D eigenvalue weighted by atomic mass is 32.1. The molecule has 0 aliphatic heterocycles. The molecule has 0 bridgehead atoms. The summed E-state index contributed by atoms with van der Waals surface area (Å²) in [6.45, 7) is 1.99. The lowest BCUT2D eigenvalue weighted by molar-refractivity contribution is 0.100. The van der Waals surface area contributed by atoms with Crippen LogP contribution in [-0.4, -0.2) is 20.5 Å². The standard InChI is InChI=1S/C18H15N5OS/c1-10-22-15(9-25-10)12-4-2-11(3-5-12)13-6-16-17(19)14(18(20)24)7-21-23(16)8-13/h2-9H,19H2,1H3,(H2,20,24). The zero-order chi connectivity index (χ0) is 17.6. The maximum Gasteiger partial charge on any atom is 0.252 e. The van der Waals surface area contributed by atoms with Crippen LogP contribution in [0.2, 0.25) is 0 Å². The summed E-state index contributed by atoms with van der Waals surface area (Å²) >= 11 is 1.63. The highest BCUT2D eigenvalue weighted by molar-refractivity contribution is 7.09. The Morgan fingerprint density at radius 3 is 2.52 bits per heavy atom. The Kier molecular flexibility index (Phi) is 3.51. The SMILES string of the molecule is Cc1nc(-c2ccc(-c3cc4c(N)c(C(N)=O)cnn4c3)cc2)cs1. The van der Waals surface area contributed by atoms with Crippen LogP contribution in [0.1, 0.15) is 15.4 Å². The second-order valence-electron chi connectivity index (χ2n) is 5.72. The maximum absolute atomic E-state index is 11.4. The summed E-state index contributed by atoms with van der Waals surface area (Å²) in [6, 6.07) is 10.0. The summed E-state index contributed by atoms with van der Waals surface area (Å²) in [4.78, 5) is 15.9. The molecule has 25 heavy (non-hydrogen) atoms. The van der Waals surface area contributed by atoms with Crippen LogP contribution < -0.4 is 11.5 Å². The molecule has 0 atom stereocenters. The van der Waals surface area contributed by atoms with E-state index in [9.17, 15) is 4.79 Å². The average molecular weight is 349 g/mol. The molecule has 0 aliphatic carbocycles. The molecular weight excluding hydrogens is 334 g/mol. The van der Waals surface area contributed by atoms with Gasteiger partial charge in [-0.3, -0.25) is 4.79 Å². The number of nitrogens with zero attached hydrogens (tertiary/aromatic N) is 3. The Morgan fingerprint density at radius 1 is 1.16 bits per heavy atom. The molecule has 4 N–H and O–H groups in total. The van der Waals surface area contributed by atoms with Gasteiger partial charge in [0, 0.05) is 22.7 Å². The van der Waals surface area contributed by atoms with E-state index in [1.165, 1.54) is 6.20 Å². The third kappa shape index (κ3) is 2.64. The van der Waals surface area contributed by atoms with Crippen molar-refractivity contribution in [2.75, 3.05) is 5.73 Å². The maximum atomic E-state index is 11.4. The number of anilines is 1. The minimum absolute atomic E-state index is 0.228. The van der Waals surface area contributed by atoms with Crippen LogP contribution in [0.4, 0.5) is 5.69 Å². The predicted octanol–water partition coefficient (Wildman–Crippen LogP) is 3.11. The average Bonchev–Trinajstić information content (AvgIpc) is 3.22. The summed E-state index contributed by atoms with van der Waals surface area (Å²) < 4.78 is 1.65. The van der Waals surface area contributed by atoms with Crippen LogP contribution in [0.5, 0.6) is 0 Å². The molecule has 1 aromatic carbocycles. The number of fused-ring (bicyclic) bond motifs is 1. The number of aromatic nitrogens is 3. The highest BCUT2D eigenvalue weighted by Crippen LogP contribution is 2.29. The van der Waals surface area contributed by atoms with Gasteiger partial charge in [0.25, 0.3) is 5.91 Å². The number of nitrogens with two attached hydrogens (primary N) is 2. The fraction of sp³-hybridized carbons (Fsp3) is 0.0556. The lowest BCUT2D eigenvalue weighted by Gasteiger charge is -2.02. The van der Waals surface area contributed by atoms with Crippen molar-refractivity contribution in [3.05, 3.63) is 58.7 Å². The number of amides is 1. The summed E-state index contributed by atoms with van der Waals surface area (Å²) in [5.41, 5.74) is 16.6. The minimum Gasteiger partial charge on any atom is -0.396 e. The van der Waals surface area contributed by atoms with Crippen molar-refractivity contribution in [2.45, 2.75) is 6.92 Å². The number of carbonyl (C=O) groups excluding carboxylic acids is 1. The Balaban J connectivity index is 1.74. The normalized spacial score (nSPS) is 11.1. The van der Waals surface area contributed by atoms with Gasteiger partial charge in [-0.05, 0) is 18.6 Å². The molecule has 6 nitrogen and oxygen atoms in total. The first-order valence-corrected chi connectivity index (χ1v) is 8.50. The first kappa shape index (κ1) is 15.3. The predicted molar refractivity (Wildman–Crippen MR) is 99.4 cm³/mol. The number of hydrogen-bond acceptors (Lipinski definition) is 5. The topological polar surface area (TPSA) is 99.3 Å². The van der Waals surface area contributed by atoms with Crippen molar-refractivity contribution in [1.29, 1.82) is 0 Å². The Bertz CT molecular complexity index is 1090. The van der Waals surface area contributed by atoms with E-state index in [4.69, 9.17) is 11.5 Å².